The third kappa shape index (κ3) is 3.97. The number of nitrogens with one attached hydrogen (secondary N) is 1. The molecule has 3 rings (SSSR count). The zero-order valence-electron chi connectivity index (χ0n) is 15.5. The van der Waals surface area contributed by atoms with E-state index in [0.717, 1.165) is 52.7 Å². The first-order valence-electron chi connectivity index (χ1n) is 8.80. The third-order valence-electron chi connectivity index (χ3n) is 4.20. The van der Waals surface area contributed by atoms with Gasteiger partial charge in [-0.1, -0.05) is 19.4 Å². The Morgan fingerprint density at radius 2 is 1.46 bits per heavy atom. The number of allylic oxidation sites excluding steroid dienone is 1. The molecule has 26 heavy (non-hydrogen) atoms. The maximum absolute atomic E-state index is 5.27. The Bertz CT molecular complexity index is 797. The number of hydrogen-bond acceptors (Lipinski definition) is 3. The first kappa shape index (κ1) is 17.8. The van der Waals surface area contributed by atoms with Crippen LogP contribution in [0.15, 0.2) is 54.6 Å². The van der Waals surface area contributed by atoms with E-state index in [9.17, 15) is 0 Å². The van der Waals surface area contributed by atoms with Crippen LogP contribution in [0.5, 0.6) is 11.5 Å². The van der Waals surface area contributed by atoms with Gasteiger partial charge in [0.25, 0.3) is 0 Å². The van der Waals surface area contributed by atoms with Crippen LogP contribution in [0.1, 0.15) is 25.6 Å². The molecule has 0 spiro atoms. The highest BCUT2D eigenvalue weighted by Crippen LogP contribution is 2.32. The van der Waals surface area contributed by atoms with Gasteiger partial charge >= 0.3 is 0 Å². The molecule has 4 nitrogen and oxygen atoms in total. The Balaban J connectivity index is 2.04. The molecule has 4 heteroatoms. The van der Waals surface area contributed by atoms with Gasteiger partial charge < -0.3 is 14.5 Å². The molecule has 0 aliphatic rings. The highest BCUT2D eigenvalue weighted by atomic mass is 16.5. The van der Waals surface area contributed by atoms with Crippen molar-refractivity contribution in [3.8, 4) is 34.0 Å². The fourth-order valence-electron chi connectivity index (χ4n) is 2.76. The lowest BCUT2D eigenvalue weighted by Crippen LogP contribution is -1.87. The van der Waals surface area contributed by atoms with Crippen molar-refractivity contribution < 1.29 is 9.47 Å². The van der Waals surface area contributed by atoms with Gasteiger partial charge in [0.1, 0.15) is 17.3 Å². The van der Waals surface area contributed by atoms with E-state index in [4.69, 9.17) is 14.5 Å². The summed E-state index contributed by atoms with van der Waals surface area (Å²) in [6.45, 7) is 2.16. The van der Waals surface area contributed by atoms with E-state index < -0.39 is 0 Å². The van der Waals surface area contributed by atoms with Crippen molar-refractivity contribution in [1.29, 1.82) is 0 Å². The summed E-state index contributed by atoms with van der Waals surface area (Å²) < 4.78 is 10.5. The average Bonchev–Trinajstić information content (AvgIpc) is 3.12. The Kier molecular flexibility index (Phi) is 5.74. The number of nitrogens with zero attached hydrogens (tertiary/aromatic N) is 1. The SMILES string of the molecule is CCC/C=C/c1nc(-c2ccc(OC)cc2)c(-c2ccc(OC)cc2)[nH]1. The number of hydrogen-bond donors (Lipinski definition) is 1. The molecule has 2 aromatic carbocycles. The van der Waals surface area contributed by atoms with Crippen molar-refractivity contribution in [2.24, 2.45) is 0 Å². The van der Waals surface area contributed by atoms with Crippen molar-refractivity contribution in [3.63, 3.8) is 0 Å². The van der Waals surface area contributed by atoms with E-state index in [-0.39, 0.29) is 0 Å². The van der Waals surface area contributed by atoms with Gasteiger partial charge in [-0.15, -0.1) is 0 Å². The van der Waals surface area contributed by atoms with Gasteiger partial charge in [-0.2, -0.15) is 0 Å². The average molecular weight is 348 g/mol. The van der Waals surface area contributed by atoms with Crippen molar-refractivity contribution >= 4 is 6.08 Å². The molecule has 1 aromatic heterocycles. The smallest absolute Gasteiger partial charge is 0.130 e. The molecule has 0 aliphatic heterocycles. The number of methoxy groups -OCH3 is 2. The zero-order chi connectivity index (χ0) is 18.4. The number of rotatable bonds is 7. The predicted octanol–water partition coefficient (Wildman–Crippen LogP) is 5.57. The molecule has 0 radical (unpaired) electrons. The first-order chi connectivity index (χ1) is 12.7. The lowest BCUT2D eigenvalue weighted by Gasteiger charge is -2.06. The highest BCUT2D eigenvalue weighted by Gasteiger charge is 2.13. The van der Waals surface area contributed by atoms with Crippen LogP contribution in [-0.4, -0.2) is 24.2 Å². The van der Waals surface area contributed by atoms with Gasteiger partial charge in [0.15, 0.2) is 0 Å². The van der Waals surface area contributed by atoms with Crippen molar-refractivity contribution in [2.75, 3.05) is 14.2 Å². The first-order valence-corrected chi connectivity index (χ1v) is 8.80. The Labute approximate surface area is 154 Å². The molecule has 0 amide bonds. The third-order valence-corrected chi connectivity index (χ3v) is 4.20. The largest absolute Gasteiger partial charge is 0.497 e. The Morgan fingerprint density at radius 3 is 2.00 bits per heavy atom. The standard InChI is InChI=1S/C22H24N2O2/c1-4-5-6-7-20-23-21(16-8-12-18(25-2)13-9-16)22(24-20)17-10-14-19(26-3)15-11-17/h6-15H,4-5H2,1-3H3,(H,23,24)/b7-6+. The maximum atomic E-state index is 5.27. The summed E-state index contributed by atoms with van der Waals surface area (Å²) in [5, 5.41) is 0. The zero-order valence-corrected chi connectivity index (χ0v) is 15.5. The van der Waals surface area contributed by atoms with Crippen LogP contribution in [0.25, 0.3) is 28.6 Å². The van der Waals surface area contributed by atoms with E-state index in [0.29, 0.717) is 0 Å². The quantitative estimate of drug-likeness (QED) is 0.607. The second-order valence-corrected chi connectivity index (χ2v) is 5.99. The fraction of sp³-hybridized carbons (Fsp3) is 0.227. The molecule has 0 bridgehead atoms. The summed E-state index contributed by atoms with van der Waals surface area (Å²) in [5.74, 6) is 2.52. The molecule has 0 saturated carbocycles. The minimum Gasteiger partial charge on any atom is -0.497 e. The topological polar surface area (TPSA) is 47.1 Å². The molecule has 1 heterocycles. The Hall–Kier alpha value is -3.01. The van der Waals surface area contributed by atoms with E-state index in [1.54, 1.807) is 14.2 Å². The number of unbranched alkanes of at least 4 members (excludes halogenated alkanes) is 1. The second kappa shape index (κ2) is 8.39. The minimum absolute atomic E-state index is 0.832. The summed E-state index contributed by atoms with van der Waals surface area (Å²) in [4.78, 5) is 8.26. The molecule has 3 aromatic rings. The van der Waals surface area contributed by atoms with Crippen LogP contribution in [0.3, 0.4) is 0 Å². The summed E-state index contributed by atoms with van der Waals surface area (Å²) in [6.07, 6.45) is 6.35. The van der Waals surface area contributed by atoms with Gasteiger partial charge in [0, 0.05) is 11.1 Å². The fourth-order valence-corrected chi connectivity index (χ4v) is 2.76. The number of imidazole rings is 1. The summed E-state index contributed by atoms with van der Waals surface area (Å²) >= 11 is 0. The van der Waals surface area contributed by atoms with Crippen LogP contribution in [0.2, 0.25) is 0 Å². The summed E-state index contributed by atoms with van der Waals surface area (Å²) in [5.41, 5.74) is 4.03. The lowest BCUT2D eigenvalue weighted by molar-refractivity contribution is 0.414. The Morgan fingerprint density at radius 1 is 0.885 bits per heavy atom. The summed E-state index contributed by atoms with van der Waals surface area (Å²) in [7, 11) is 3.34. The molecule has 0 unspecified atom stereocenters. The van der Waals surface area contributed by atoms with Gasteiger partial charge in [-0.3, -0.25) is 0 Å². The molecular formula is C22H24N2O2. The molecular weight excluding hydrogens is 324 g/mol. The lowest BCUT2D eigenvalue weighted by atomic mass is 10.0. The van der Waals surface area contributed by atoms with E-state index in [2.05, 4.69) is 18.0 Å². The van der Waals surface area contributed by atoms with E-state index in [1.165, 1.54) is 0 Å². The van der Waals surface area contributed by atoms with Gasteiger partial charge in [0.05, 0.1) is 25.6 Å². The van der Waals surface area contributed by atoms with Crippen molar-refractivity contribution in [1.82, 2.24) is 9.97 Å². The number of benzene rings is 2. The molecule has 0 fully saturated rings. The van der Waals surface area contributed by atoms with E-state index in [1.807, 2.05) is 54.6 Å². The van der Waals surface area contributed by atoms with Crippen LogP contribution < -0.4 is 9.47 Å². The molecule has 1 N–H and O–H groups in total. The number of aromatic amines is 1. The predicted molar refractivity (Wildman–Crippen MR) is 107 cm³/mol. The number of ether oxygens (including phenoxy) is 2. The molecule has 134 valence electrons. The van der Waals surface area contributed by atoms with Crippen molar-refractivity contribution in [2.45, 2.75) is 19.8 Å². The minimum atomic E-state index is 0.832. The molecule has 0 aliphatic carbocycles. The summed E-state index contributed by atoms with van der Waals surface area (Å²) in [6, 6.07) is 16.0. The van der Waals surface area contributed by atoms with Crippen molar-refractivity contribution in [3.05, 3.63) is 60.4 Å². The van der Waals surface area contributed by atoms with Crippen LogP contribution in [0.4, 0.5) is 0 Å². The highest BCUT2D eigenvalue weighted by molar-refractivity contribution is 5.80. The van der Waals surface area contributed by atoms with Gasteiger partial charge in [-0.05, 0) is 61.0 Å². The maximum Gasteiger partial charge on any atom is 0.130 e. The van der Waals surface area contributed by atoms with Gasteiger partial charge in [0.2, 0.25) is 0 Å². The van der Waals surface area contributed by atoms with Gasteiger partial charge in [-0.25, -0.2) is 4.98 Å². The molecule has 0 atom stereocenters. The number of H-pyrrole nitrogens is 1. The monoisotopic (exact) mass is 348 g/mol. The molecule has 0 saturated heterocycles. The van der Waals surface area contributed by atoms with Crippen LogP contribution in [-0.2, 0) is 0 Å². The van der Waals surface area contributed by atoms with E-state index >= 15 is 0 Å². The number of aromatic nitrogens is 2. The second-order valence-electron chi connectivity index (χ2n) is 5.99. The van der Waals surface area contributed by atoms with Crippen LogP contribution >= 0.6 is 0 Å². The van der Waals surface area contributed by atoms with Crippen LogP contribution in [0, 0.1) is 0 Å². The normalized spacial score (nSPS) is 11.0.